The number of alkyl halides is 1. The van der Waals surface area contributed by atoms with E-state index in [1.165, 1.54) is 0 Å². The maximum atomic E-state index is 8.09. The highest BCUT2D eigenvalue weighted by Crippen LogP contribution is 2.39. The third-order valence-electron chi connectivity index (χ3n) is 4.77. The van der Waals surface area contributed by atoms with Crippen LogP contribution < -0.4 is 0 Å². The summed E-state index contributed by atoms with van der Waals surface area (Å²) < 4.78 is 11.9. The first kappa shape index (κ1) is 15.6. The van der Waals surface area contributed by atoms with Crippen molar-refractivity contribution in [3.8, 4) is 0 Å². The van der Waals surface area contributed by atoms with Gasteiger partial charge in [0.25, 0.3) is 0 Å². The van der Waals surface area contributed by atoms with Crippen LogP contribution in [0.2, 0.25) is 0 Å². The lowest BCUT2D eigenvalue weighted by Gasteiger charge is -2.34. The lowest BCUT2D eigenvalue weighted by atomic mass is 9.79. The van der Waals surface area contributed by atoms with Crippen molar-refractivity contribution in [3.05, 3.63) is 0 Å². The molecule has 1 saturated carbocycles. The quantitative estimate of drug-likeness (QED) is 0.453. The highest BCUT2D eigenvalue weighted by Gasteiger charge is 2.44. The third-order valence-corrected chi connectivity index (χ3v) is 5.17. The van der Waals surface area contributed by atoms with Crippen molar-refractivity contribution < 1.29 is 14.5 Å². The molecule has 1 radical (unpaired) electrons. The van der Waals surface area contributed by atoms with Crippen LogP contribution in [0.4, 0.5) is 0 Å². The molecule has 109 valence electrons. The number of rotatable bonds is 4. The lowest BCUT2D eigenvalue weighted by molar-refractivity contribution is -0.0941. The van der Waals surface area contributed by atoms with Crippen molar-refractivity contribution in [1.82, 2.24) is 0 Å². The number of fused-ring (bicyclic) bond motifs is 1. The van der Waals surface area contributed by atoms with Crippen LogP contribution in [0.15, 0.2) is 0 Å². The molecule has 1 aliphatic carbocycles. The van der Waals surface area contributed by atoms with Crippen molar-refractivity contribution in [3.63, 3.8) is 0 Å². The molecule has 5 heteroatoms. The van der Waals surface area contributed by atoms with Gasteiger partial charge in [-0.2, -0.15) is 0 Å². The minimum absolute atomic E-state index is 0.0543. The van der Waals surface area contributed by atoms with Gasteiger partial charge in [0.2, 0.25) is 0 Å². The fourth-order valence-corrected chi connectivity index (χ4v) is 2.94. The highest BCUT2D eigenvalue weighted by atomic mass is 35.5. The number of hydrogen-bond acceptors (Lipinski definition) is 2. The minimum atomic E-state index is -0.643. The smallest absolute Gasteiger partial charge is 0.325 e. The van der Waals surface area contributed by atoms with Crippen LogP contribution in [0.1, 0.15) is 53.4 Å². The Morgan fingerprint density at radius 3 is 2.53 bits per heavy atom. The van der Waals surface area contributed by atoms with Gasteiger partial charge in [-0.25, -0.2) is 0 Å². The SMILES string of the molecule is CC(C)([OH2+])C(C)(C)O[B]C1CC2CCC(Cl)CC2O1. The van der Waals surface area contributed by atoms with Crippen LogP contribution in [0.3, 0.4) is 0 Å². The summed E-state index contributed by atoms with van der Waals surface area (Å²) in [6.07, 6.45) is 4.56. The van der Waals surface area contributed by atoms with E-state index in [-0.39, 0.29) is 11.4 Å². The molecule has 2 N–H and O–H groups in total. The summed E-state index contributed by atoms with van der Waals surface area (Å²) in [6.45, 7) is 7.64. The summed E-state index contributed by atoms with van der Waals surface area (Å²) in [7, 11) is 1.80. The molecule has 0 bridgehead atoms. The highest BCUT2D eigenvalue weighted by molar-refractivity contribution is 6.29. The molecule has 2 rings (SSSR count). The second-order valence-corrected chi connectivity index (χ2v) is 7.63. The molecule has 1 saturated heterocycles. The summed E-state index contributed by atoms with van der Waals surface area (Å²) in [5.41, 5.74) is -1.16. The average Bonchev–Trinajstić information content (AvgIpc) is 2.67. The Balaban J connectivity index is 1.83. The molecule has 0 aromatic carbocycles. The summed E-state index contributed by atoms with van der Waals surface area (Å²) in [6, 6.07) is 0.0543. The molecule has 0 amide bonds. The van der Waals surface area contributed by atoms with Gasteiger partial charge in [-0.05, 0) is 45.4 Å². The van der Waals surface area contributed by atoms with E-state index in [0.29, 0.717) is 12.0 Å². The first-order chi connectivity index (χ1) is 8.69. The van der Waals surface area contributed by atoms with E-state index in [9.17, 15) is 0 Å². The molecular weight excluding hydrogens is 262 g/mol. The minimum Gasteiger partial charge on any atom is -0.439 e. The molecule has 4 unspecified atom stereocenters. The summed E-state index contributed by atoms with van der Waals surface area (Å²) >= 11 is 6.19. The molecular formula is C14H26BClO3+. The van der Waals surface area contributed by atoms with Crippen LogP contribution in [0, 0.1) is 5.92 Å². The molecule has 3 nitrogen and oxygen atoms in total. The van der Waals surface area contributed by atoms with Crippen LogP contribution in [-0.4, -0.2) is 41.3 Å². The predicted octanol–water partition coefficient (Wildman–Crippen LogP) is 2.43. The van der Waals surface area contributed by atoms with Gasteiger partial charge in [-0.1, -0.05) is 0 Å². The van der Waals surface area contributed by atoms with E-state index in [0.717, 1.165) is 25.7 Å². The summed E-state index contributed by atoms with van der Waals surface area (Å²) in [5.74, 6) is 0.631. The number of halogens is 1. The van der Waals surface area contributed by atoms with Gasteiger partial charge < -0.3 is 14.5 Å². The van der Waals surface area contributed by atoms with E-state index in [4.69, 9.17) is 26.1 Å². The molecule has 4 atom stereocenters. The van der Waals surface area contributed by atoms with Crippen molar-refractivity contribution in [2.24, 2.45) is 5.92 Å². The maximum Gasteiger partial charge on any atom is 0.325 e. The Hall–Kier alpha value is 0.235. The summed E-state index contributed by atoms with van der Waals surface area (Å²) in [5, 5.41) is 8.36. The summed E-state index contributed by atoms with van der Waals surface area (Å²) in [4.78, 5) is 0. The largest absolute Gasteiger partial charge is 0.439 e. The topological polar surface area (TPSA) is 41.4 Å². The Labute approximate surface area is 122 Å². The van der Waals surface area contributed by atoms with E-state index in [2.05, 4.69) is 0 Å². The van der Waals surface area contributed by atoms with Gasteiger partial charge in [0, 0.05) is 19.2 Å². The lowest BCUT2D eigenvalue weighted by Crippen LogP contribution is -2.49. The van der Waals surface area contributed by atoms with Crippen LogP contribution >= 0.6 is 11.6 Å². The average molecular weight is 289 g/mol. The van der Waals surface area contributed by atoms with Gasteiger partial charge in [0.15, 0.2) is 5.60 Å². The zero-order valence-electron chi connectivity index (χ0n) is 12.4. The maximum absolute atomic E-state index is 8.09. The zero-order chi connectivity index (χ0) is 14.3. The molecule has 1 aliphatic heterocycles. The first-order valence-electron chi connectivity index (χ1n) is 7.25. The van der Waals surface area contributed by atoms with Crippen molar-refractivity contribution in [2.45, 2.75) is 82.1 Å². The normalized spacial score (nSPS) is 36.1. The Bertz CT molecular complexity index is 316. The second kappa shape index (κ2) is 5.55. The van der Waals surface area contributed by atoms with Crippen LogP contribution in [-0.2, 0) is 9.39 Å². The molecule has 2 fully saturated rings. The standard InChI is InChI=1S/C14H25BClO3/c1-13(2,17)14(3,4)19-15-12-7-9-5-6-10(16)8-11(9)18-12/h9-12,17H,5-8H2,1-4H3/p+1. The van der Waals surface area contributed by atoms with E-state index in [1.54, 1.807) is 7.48 Å². The first-order valence-corrected chi connectivity index (χ1v) is 7.68. The van der Waals surface area contributed by atoms with Crippen LogP contribution in [0.25, 0.3) is 0 Å². The van der Waals surface area contributed by atoms with Gasteiger partial charge in [0.05, 0.1) is 12.1 Å². The Morgan fingerprint density at radius 1 is 1.21 bits per heavy atom. The van der Waals surface area contributed by atoms with Gasteiger partial charge >= 0.3 is 7.48 Å². The third kappa shape index (κ3) is 3.66. The molecule has 0 aromatic heterocycles. The number of hydrogen-bond donors (Lipinski definition) is 0. The molecule has 0 aromatic rings. The molecule has 0 spiro atoms. The van der Waals surface area contributed by atoms with E-state index in [1.807, 2.05) is 27.7 Å². The fraction of sp³-hybridized carbons (Fsp3) is 1.00. The van der Waals surface area contributed by atoms with Crippen molar-refractivity contribution in [2.75, 3.05) is 0 Å². The number of ether oxygens (including phenoxy) is 1. The van der Waals surface area contributed by atoms with E-state index >= 15 is 0 Å². The van der Waals surface area contributed by atoms with Gasteiger partial charge in [0.1, 0.15) is 5.60 Å². The van der Waals surface area contributed by atoms with Gasteiger partial charge in [-0.3, -0.25) is 0 Å². The van der Waals surface area contributed by atoms with Crippen molar-refractivity contribution in [1.29, 1.82) is 0 Å². The molecule has 19 heavy (non-hydrogen) atoms. The van der Waals surface area contributed by atoms with E-state index < -0.39 is 11.2 Å². The Kier molecular flexibility index (Phi) is 4.56. The molecule has 2 aliphatic rings. The Morgan fingerprint density at radius 2 is 1.89 bits per heavy atom. The zero-order valence-corrected chi connectivity index (χ0v) is 13.2. The predicted molar refractivity (Wildman–Crippen MR) is 78.9 cm³/mol. The monoisotopic (exact) mass is 288 g/mol. The van der Waals surface area contributed by atoms with Crippen molar-refractivity contribution >= 4 is 19.1 Å². The van der Waals surface area contributed by atoms with Crippen LogP contribution in [0.5, 0.6) is 0 Å². The second-order valence-electron chi connectivity index (χ2n) is 7.01. The fourth-order valence-electron chi connectivity index (χ4n) is 2.64. The molecule has 1 heterocycles. The van der Waals surface area contributed by atoms with Gasteiger partial charge in [-0.15, -0.1) is 11.6 Å².